The standard InChI is InChI=1S/C17H20Cl2N2O4/c18-13-2-1-11(9-14(13)19)16(23)20-10-15(22)21-12-3-5-17(6-4-12)24-7-8-25-17/h1-2,9,12H,3-8,10H2,(H,20,23)(H,21,22). The molecule has 0 aromatic heterocycles. The largest absolute Gasteiger partial charge is 0.352 e. The molecule has 0 radical (unpaired) electrons. The van der Waals surface area contributed by atoms with Gasteiger partial charge in [0, 0.05) is 24.4 Å². The third-order valence-electron chi connectivity index (χ3n) is 4.52. The average Bonchev–Trinajstić information content (AvgIpc) is 3.06. The van der Waals surface area contributed by atoms with Gasteiger partial charge < -0.3 is 20.1 Å². The minimum Gasteiger partial charge on any atom is -0.352 e. The normalized spacial score (nSPS) is 19.8. The van der Waals surface area contributed by atoms with E-state index in [1.165, 1.54) is 6.07 Å². The Morgan fingerprint density at radius 3 is 2.44 bits per heavy atom. The fraction of sp³-hybridized carbons (Fsp3) is 0.529. The smallest absolute Gasteiger partial charge is 0.251 e. The molecule has 6 nitrogen and oxygen atoms in total. The third-order valence-corrected chi connectivity index (χ3v) is 5.26. The first-order valence-corrected chi connectivity index (χ1v) is 9.04. The van der Waals surface area contributed by atoms with E-state index in [9.17, 15) is 9.59 Å². The molecule has 1 aliphatic heterocycles. The maximum absolute atomic E-state index is 12.0. The predicted molar refractivity (Wildman–Crippen MR) is 93.8 cm³/mol. The Hall–Kier alpha value is -1.34. The highest BCUT2D eigenvalue weighted by atomic mass is 35.5. The van der Waals surface area contributed by atoms with Gasteiger partial charge in [-0.05, 0) is 31.0 Å². The summed E-state index contributed by atoms with van der Waals surface area (Å²) >= 11 is 11.7. The molecule has 2 amide bonds. The predicted octanol–water partition coefficient (Wildman–Crippen LogP) is 2.53. The molecular weight excluding hydrogens is 367 g/mol. The molecule has 1 heterocycles. The summed E-state index contributed by atoms with van der Waals surface area (Å²) in [6.45, 7) is 1.18. The summed E-state index contributed by atoms with van der Waals surface area (Å²) in [7, 11) is 0. The quantitative estimate of drug-likeness (QED) is 0.833. The number of halogens is 2. The number of carbonyl (C=O) groups excluding carboxylic acids is 2. The first kappa shape index (κ1) is 18.5. The lowest BCUT2D eigenvalue weighted by Gasteiger charge is -2.35. The highest BCUT2D eigenvalue weighted by Gasteiger charge is 2.40. The van der Waals surface area contributed by atoms with Crippen LogP contribution in [0.2, 0.25) is 10.0 Å². The number of amides is 2. The lowest BCUT2D eigenvalue weighted by molar-refractivity contribution is -0.180. The van der Waals surface area contributed by atoms with Crippen LogP contribution in [-0.4, -0.2) is 43.4 Å². The Kier molecular flexibility index (Phi) is 5.84. The number of rotatable bonds is 4. The molecule has 1 aliphatic carbocycles. The van der Waals surface area contributed by atoms with E-state index in [4.69, 9.17) is 32.7 Å². The molecule has 1 spiro atoms. The van der Waals surface area contributed by atoms with Gasteiger partial charge in [0.2, 0.25) is 5.91 Å². The van der Waals surface area contributed by atoms with Gasteiger partial charge in [-0.2, -0.15) is 0 Å². The number of nitrogens with one attached hydrogen (secondary N) is 2. The second-order valence-corrected chi connectivity index (χ2v) is 7.08. The Labute approximate surface area is 156 Å². The Balaban J connectivity index is 1.42. The van der Waals surface area contributed by atoms with Gasteiger partial charge in [0.05, 0.1) is 29.8 Å². The SMILES string of the molecule is O=C(CNC(=O)c1ccc(Cl)c(Cl)c1)NC1CCC2(CC1)OCCO2. The van der Waals surface area contributed by atoms with Crippen molar-refractivity contribution in [3.05, 3.63) is 33.8 Å². The molecule has 3 rings (SSSR count). The summed E-state index contributed by atoms with van der Waals surface area (Å²) in [6.07, 6.45) is 3.14. The van der Waals surface area contributed by atoms with Crippen molar-refractivity contribution in [2.24, 2.45) is 0 Å². The van der Waals surface area contributed by atoms with Crippen molar-refractivity contribution in [3.63, 3.8) is 0 Å². The number of hydrogen-bond donors (Lipinski definition) is 2. The van der Waals surface area contributed by atoms with Gasteiger partial charge in [-0.25, -0.2) is 0 Å². The van der Waals surface area contributed by atoms with E-state index in [2.05, 4.69) is 10.6 Å². The van der Waals surface area contributed by atoms with Crippen molar-refractivity contribution >= 4 is 35.0 Å². The molecule has 1 saturated carbocycles. The average molecular weight is 387 g/mol. The van der Waals surface area contributed by atoms with Crippen molar-refractivity contribution in [1.82, 2.24) is 10.6 Å². The van der Waals surface area contributed by atoms with Crippen molar-refractivity contribution < 1.29 is 19.1 Å². The molecule has 0 unspecified atom stereocenters. The van der Waals surface area contributed by atoms with Gasteiger partial charge in [0.25, 0.3) is 5.91 Å². The minimum absolute atomic E-state index is 0.0767. The van der Waals surface area contributed by atoms with Crippen LogP contribution in [0.5, 0.6) is 0 Å². The number of benzene rings is 1. The first-order chi connectivity index (χ1) is 12.0. The summed E-state index contributed by atoms with van der Waals surface area (Å²) in [5.41, 5.74) is 0.359. The molecule has 1 aromatic carbocycles. The monoisotopic (exact) mass is 386 g/mol. The molecule has 0 bridgehead atoms. The molecule has 1 aromatic rings. The zero-order valence-corrected chi connectivity index (χ0v) is 15.2. The second-order valence-electron chi connectivity index (χ2n) is 6.26. The van der Waals surface area contributed by atoms with Crippen LogP contribution in [0.4, 0.5) is 0 Å². The molecule has 0 atom stereocenters. The molecule has 1 saturated heterocycles. The summed E-state index contributed by atoms with van der Waals surface area (Å²) in [6, 6.07) is 4.65. The van der Waals surface area contributed by atoms with Crippen molar-refractivity contribution in [1.29, 1.82) is 0 Å². The Bertz CT molecular complexity index is 652. The van der Waals surface area contributed by atoms with Gasteiger partial charge in [-0.15, -0.1) is 0 Å². The third kappa shape index (κ3) is 4.64. The number of carbonyl (C=O) groups is 2. The van der Waals surface area contributed by atoms with E-state index in [0.29, 0.717) is 28.8 Å². The van der Waals surface area contributed by atoms with Crippen LogP contribution < -0.4 is 10.6 Å². The molecule has 8 heteroatoms. The molecule has 2 fully saturated rings. The van der Waals surface area contributed by atoms with Gasteiger partial charge in [0.15, 0.2) is 5.79 Å². The highest BCUT2D eigenvalue weighted by molar-refractivity contribution is 6.42. The molecule has 136 valence electrons. The van der Waals surface area contributed by atoms with Gasteiger partial charge >= 0.3 is 0 Å². The molecule has 2 N–H and O–H groups in total. The Morgan fingerprint density at radius 1 is 1.12 bits per heavy atom. The number of hydrogen-bond acceptors (Lipinski definition) is 4. The van der Waals surface area contributed by atoms with Crippen molar-refractivity contribution in [2.45, 2.75) is 37.5 Å². The minimum atomic E-state index is -0.441. The van der Waals surface area contributed by atoms with Crippen LogP contribution in [0.3, 0.4) is 0 Å². The maximum atomic E-state index is 12.0. The van der Waals surface area contributed by atoms with Crippen LogP contribution in [-0.2, 0) is 14.3 Å². The topological polar surface area (TPSA) is 76.7 Å². The Morgan fingerprint density at radius 2 is 1.80 bits per heavy atom. The van der Waals surface area contributed by atoms with Gasteiger partial charge in [0.1, 0.15) is 0 Å². The maximum Gasteiger partial charge on any atom is 0.251 e. The van der Waals surface area contributed by atoms with E-state index in [1.807, 2.05) is 0 Å². The van der Waals surface area contributed by atoms with Crippen LogP contribution >= 0.6 is 23.2 Å². The summed E-state index contributed by atoms with van der Waals surface area (Å²) in [5, 5.41) is 6.20. The van der Waals surface area contributed by atoms with Gasteiger partial charge in [-0.1, -0.05) is 23.2 Å². The van der Waals surface area contributed by atoms with Crippen LogP contribution in [0, 0.1) is 0 Å². The van der Waals surface area contributed by atoms with Crippen molar-refractivity contribution in [2.75, 3.05) is 19.8 Å². The van der Waals surface area contributed by atoms with Gasteiger partial charge in [-0.3, -0.25) is 9.59 Å². The fourth-order valence-corrected chi connectivity index (χ4v) is 3.46. The van der Waals surface area contributed by atoms with E-state index in [1.54, 1.807) is 12.1 Å². The molecule has 2 aliphatic rings. The van der Waals surface area contributed by atoms with E-state index in [0.717, 1.165) is 25.7 Å². The highest BCUT2D eigenvalue weighted by Crippen LogP contribution is 2.35. The van der Waals surface area contributed by atoms with Crippen molar-refractivity contribution in [3.8, 4) is 0 Å². The van der Waals surface area contributed by atoms with Crippen LogP contribution in [0.1, 0.15) is 36.0 Å². The zero-order chi connectivity index (χ0) is 17.9. The van der Waals surface area contributed by atoms with E-state index >= 15 is 0 Å². The summed E-state index contributed by atoms with van der Waals surface area (Å²) in [5.74, 6) is -1.03. The molecular formula is C17H20Cl2N2O4. The van der Waals surface area contributed by atoms with Crippen LogP contribution in [0.15, 0.2) is 18.2 Å². The fourth-order valence-electron chi connectivity index (χ4n) is 3.17. The summed E-state index contributed by atoms with van der Waals surface area (Å²) < 4.78 is 11.3. The zero-order valence-electron chi connectivity index (χ0n) is 13.6. The van der Waals surface area contributed by atoms with E-state index < -0.39 is 5.79 Å². The van der Waals surface area contributed by atoms with E-state index in [-0.39, 0.29) is 24.4 Å². The second kappa shape index (κ2) is 7.91. The lowest BCUT2D eigenvalue weighted by Crippen LogP contribution is -2.46. The number of ether oxygens (including phenoxy) is 2. The van der Waals surface area contributed by atoms with Crippen LogP contribution in [0.25, 0.3) is 0 Å². The lowest BCUT2D eigenvalue weighted by atomic mass is 9.90. The molecule has 25 heavy (non-hydrogen) atoms. The first-order valence-electron chi connectivity index (χ1n) is 8.28. The summed E-state index contributed by atoms with van der Waals surface area (Å²) in [4.78, 5) is 24.1.